The molecule has 6 heteroatoms. The van der Waals surface area contributed by atoms with Crippen molar-refractivity contribution in [2.24, 2.45) is 0 Å². The molecule has 0 aromatic heterocycles. The second-order valence-electron chi connectivity index (χ2n) is 4.72. The highest BCUT2D eigenvalue weighted by molar-refractivity contribution is 9.10. The molecule has 0 saturated heterocycles. The molecule has 0 aliphatic carbocycles. The van der Waals surface area contributed by atoms with E-state index < -0.39 is 11.9 Å². The predicted molar refractivity (Wildman–Crippen MR) is 80.9 cm³/mol. The molecule has 0 unspecified atom stereocenters. The van der Waals surface area contributed by atoms with Crippen molar-refractivity contribution in [3.8, 4) is 5.75 Å². The standard InChI is InChI=1S/C15H16BrNO4/c1-8-14(15(19)21-3)11(7-13(18)17-8)10-6-9(16)4-5-12(10)20-2/h4-6,11H,7H2,1-3H3,(H,17,18)/t11-/m0/s1. The second-order valence-corrected chi connectivity index (χ2v) is 5.64. The zero-order chi connectivity index (χ0) is 15.6. The van der Waals surface area contributed by atoms with Crippen LogP contribution in [0.25, 0.3) is 0 Å². The summed E-state index contributed by atoms with van der Waals surface area (Å²) < 4.78 is 11.1. The number of hydrogen-bond donors (Lipinski definition) is 1. The number of amides is 1. The molecule has 5 nitrogen and oxygen atoms in total. The first kappa shape index (κ1) is 15.6. The highest BCUT2D eigenvalue weighted by atomic mass is 79.9. The summed E-state index contributed by atoms with van der Waals surface area (Å²) in [6, 6.07) is 5.51. The van der Waals surface area contributed by atoms with Crippen LogP contribution in [0.15, 0.2) is 33.9 Å². The maximum absolute atomic E-state index is 12.1. The van der Waals surface area contributed by atoms with Gasteiger partial charge in [-0.15, -0.1) is 0 Å². The van der Waals surface area contributed by atoms with Crippen molar-refractivity contribution in [2.75, 3.05) is 14.2 Å². The lowest BCUT2D eigenvalue weighted by Crippen LogP contribution is -2.34. The number of halogens is 1. The Bertz CT molecular complexity index is 624. The summed E-state index contributed by atoms with van der Waals surface area (Å²) in [6.07, 6.45) is 0.175. The van der Waals surface area contributed by atoms with E-state index in [0.29, 0.717) is 17.0 Å². The Balaban J connectivity index is 2.59. The molecule has 1 heterocycles. The van der Waals surface area contributed by atoms with E-state index in [2.05, 4.69) is 21.2 Å². The van der Waals surface area contributed by atoms with E-state index in [1.54, 1.807) is 20.1 Å². The van der Waals surface area contributed by atoms with Crippen LogP contribution in [-0.2, 0) is 14.3 Å². The molecular weight excluding hydrogens is 338 g/mol. The van der Waals surface area contributed by atoms with Crippen LogP contribution >= 0.6 is 15.9 Å². The molecule has 1 amide bonds. The Labute approximate surface area is 131 Å². The van der Waals surface area contributed by atoms with Crippen LogP contribution < -0.4 is 10.1 Å². The normalized spacial score (nSPS) is 18.3. The van der Waals surface area contributed by atoms with E-state index in [1.165, 1.54) is 7.11 Å². The zero-order valence-electron chi connectivity index (χ0n) is 12.0. The molecule has 1 atom stereocenters. The van der Waals surface area contributed by atoms with Gasteiger partial charge in [0.2, 0.25) is 5.91 Å². The summed E-state index contributed by atoms with van der Waals surface area (Å²) in [5, 5.41) is 2.68. The molecule has 112 valence electrons. The maximum atomic E-state index is 12.1. The van der Waals surface area contributed by atoms with Crippen LogP contribution in [0.1, 0.15) is 24.8 Å². The van der Waals surface area contributed by atoms with Crippen LogP contribution in [0.5, 0.6) is 5.75 Å². The third kappa shape index (κ3) is 3.10. The largest absolute Gasteiger partial charge is 0.496 e. The lowest BCUT2D eigenvalue weighted by atomic mass is 9.84. The van der Waals surface area contributed by atoms with Crippen LogP contribution in [0.4, 0.5) is 0 Å². The van der Waals surface area contributed by atoms with Crippen LogP contribution in [0.2, 0.25) is 0 Å². The van der Waals surface area contributed by atoms with E-state index in [4.69, 9.17) is 9.47 Å². The quantitative estimate of drug-likeness (QED) is 0.848. The Hall–Kier alpha value is -1.82. The molecule has 0 saturated carbocycles. The average Bonchev–Trinajstić information content (AvgIpc) is 2.45. The Morgan fingerprint density at radius 3 is 2.71 bits per heavy atom. The van der Waals surface area contributed by atoms with Gasteiger partial charge < -0.3 is 14.8 Å². The molecule has 0 radical (unpaired) electrons. The number of rotatable bonds is 3. The molecular formula is C15H16BrNO4. The van der Waals surface area contributed by atoms with Gasteiger partial charge in [-0.05, 0) is 25.1 Å². The minimum Gasteiger partial charge on any atom is -0.496 e. The number of methoxy groups -OCH3 is 2. The molecule has 2 rings (SSSR count). The molecule has 1 N–H and O–H groups in total. The van der Waals surface area contributed by atoms with Gasteiger partial charge in [0.15, 0.2) is 0 Å². The third-order valence-corrected chi connectivity index (χ3v) is 3.93. The van der Waals surface area contributed by atoms with Crippen molar-refractivity contribution in [2.45, 2.75) is 19.3 Å². The zero-order valence-corrected chi connectivity index (χ0v) is 13.6. The number of esters is 1. The number of ether oxygens (including phenoxy) is 2. The highest BCUT2D eigenvalue weighted by Crippen LogP contribution is 2.39. The van der Waals surface area contributed by atoms with Crippen molar-refractivity contribution < 1.29 is 19.1 Å². The lowest BCUT2D eigenvalue weighted by Gasteiger charge is -2.27. The van der Waals surface area contributed by atoms with Gasteiger partial charge >= 0.3 is 5.97 Å². The maximum Gasteiger partial charge on any atom is 0.336 e. The topological polar surface area (TPSA) is 64.6 Å². The molecule has 0 spiro atoms. The predicted octanol–water partition coefficient (Wildman–Crippen LogP) is 2.51. The fraction of sp³-hybridized carbons (Fsp3) is 0.333. The van der Waals surface area contributed by atoms with E-state index >= 15 is 0 Å². The lowest BCUT2D eigenvalue weighted by molar-refractivity contribution is -0.136. The highest BCUT2D eigenvalue weighted by Gasteiger charge is 2.34. The van der Waals surface area contributed by atoms with Crippen molar-refractivity contribution in [1.29, 1.82) is 0 Å². The summed E-state index contributed by atoms with van der Waals surface area (Å²) in [7, 11) is 2.89. The van der Waals surface area contributed by atoms with E-state index in [0.717, 1.165) is 10.0 Å². The Morgan fingerprint density at radius 2 is 2.10 bits per heavy atom. The molecule has 21 heavy (non-hydrogen) atoms. The van der Waals surface area contributed by atoms with Crippen LogP contribution in [0.3, 0.4) is 0 Å². The first-order valence-corrected chi connectivity index (χ1v) is 7.19. The summed E-state index contributed by atoms with van der Waals surface area (Å²) in [5.41, 5.74) is 1.75. The first-order chi connectivity index (χ1) is 9.97. The van der Waals surface area contributed by atoms with Gasteiger partial charge in [0.05, 0.1) is 19.8 Å². The summed E-state index contributed by atoms with van der Waals surface area (Å²) in [5.74, 6) is -0.336. The van der Waals surface area contributed by atoms with Gasteiger partial charge in [-0.25, -0.2) is 4.79 Å². The molecule has 1 aliphatic heterocycles. The summed E-state index contributed by atoms with van der Waals surface area (Å²) in [4.78, 5) is 23.9. The molecule has 1 aromatic carbocycles. The molecule has 0 fully saturated rings. The van der Waals surface area contributed by atoms with Crippen LogP contribution in [-0.4, -0.2) is 26.1 Å². The number of benzene rings is 1. The van der Waals surface area contributed by atoms with Gasteiger partial charge in [0.1, 0.15) is 5.75 Å². The molecule has 0 bridgehead atoms. The van der Waals surface area contributed by atoms with Gasteiger partial charge in [-0.3, -0.25) is 4.79 Å². The molecule has 1 aromatic rings. The number of nitrogens with one attached hydrogen (secondary N) is 1. The van der Waals surface area contributed by atoms with E-state index in [9.17, 15) is 9.59 Å². The summed E-state index contributed by atoms with van der Waals surface area (Å²) >= 11 is 3.41. The monoisotopic (exact) mass is 353 g/mol. The molecule has 1 aliphatic rings. The third-order valence-electron chi connectivity index (χ3n) is 3.44. The number of hydrogen-bond acceptors (Lipinski definition) is 4. The minimum absolute atomic E-state index is 0.132. The van der Waals surface area contributed by atoms with E-state index in [1.807, 2.05) is 12.1 Å². The van der Waals surface area contributed by atoms with Gasteiger partial charge in [-0.1, -0.05) is 15.9 Å². The van der Waals surface area contributed by atoms with Crippen molar-refractivity contribution in [1.82, 2.24) is 5.32 Å². The fourth-order valence-corrected chi connectivity index (χ4v) is 2.90. The first-order valence-electron chi connectivity index (χ1n) is 6.40. The number of allylic oxidation sites excluding steroid dienone is 1. The second kappa shape index (κ2) is 6.30. The van der Waals surface area contributed by atoms with Gasteiger partial charge in [0.25, 0.3) is 0 Å². The van der Waals surface area contributed by atoms with Gasteiger partial charge in [0, 0.05) is 28.1 Å². The Kier molecular flexibility index (Phi) is 4.67. The Morgan fingerprint density at radius 1 is 1.38 bits per heavy atom. The smallest absolute Gasteiger partial charge is 0.336 e. The van der Waals surface area contributed by atoms with Crippen molar-refractivity contribution in [3.63, 3.8) is 0 Å². The van der Waals surface area contributed by atoms with Gasteiger partial charge in [-0.2, -0.15) is 0 Å². The van der Waals surface area contributed by atoms with E-state index in [-0.39, 0.29) is 12.3 Å². The van der Waals surface area contributed by atoms with Crippen molar-refractivity contribution in [3.05, 3.63) is 39.5 Å². The fourth-order valence-electron chi connectivity index (χ4n) is 2.52. The average molecular weight is 354 g/mol. The minimum atomic E-state index is -0.445. The number of carbonyl (C=O) groups excluding carboxylic acids is 2. The summed E-state index contributed by atoms with van der Waals surface area (Å²) in [6.45, 7) is 1.70. The SMILES string of the molecule is COC(=O)C1=C(C)NC(=O)C[C@H]1c1cc(Br)ccc1OC. The van der Waals surface area contributed by atoms with Crippen LogP contribution in [0, 0.1) is 0 Å². The van der Waals surface area contributed by atoms with Crippen molar-refractivity contribution >= 4 is 27.8 Å². The number of carbonyl (C=O) groups is 2.